The first-order chi connectivity index (χ1) is 9.86. The van der Waals surface area contributed by atoms with Gasteiger partial charge in [0.1, 0.15) is 4.34 Å². The first-order valence-electron chi connectivity index (χ1n) is 5.66. The van der Waals surface area contributed by atoms with E-state index in [4.69, 9.17) is 33.7 Å². The average molecular weight is 348 g/mol. The molecule has 0 aromatic carbocycles. The van der Waals surface area contributed by atoms with E-state index in [0.29, 0.717) is 10.3 Å². The third-order valence-electron chi connectivity index (χ3n) is 2.30. The van der Waals surface area contributed by atoms with Crippen LogP contribution in [0.5, 0.6) is 0 Å². The molecule has 0 spiro atoms. The Labute approximate surface area is 134 Å². The molecule has 0 unspecified atom stereocenters. The number of nitrogen functional groups attached to an aromatic ring is 1. The molecular formula is C11H11Cl2N5O2S. The first-order valence-corrected chi connectivity index (χ1v) is 7.23. The van der Waals surface area contributed by atoms with Gasteiger partial charge in [-0.05, 0) is 6.07 Å². The summed E-state index contributed by atoms with van der Waals surface area (Å²) in [4.78, 5) is 25.5. The third-order valence-corrected chi connectivity index (χ3v) is 3.78. The summed E-state index contributed by atoms with van der Waals surface area (Å²) in [6.45, 7) is -0.143. The van der Waals surface area contributed by atoms with Crippen LogP contribution in [0, 0.1) is 0 Å². The topological polar surface area (TPSA) is 94.2 Å². The van der Waals surface area contributed by atoms with E-state index in [1.165, 1.54) is 6.07 Å². The highest BCUT2D eigenvalue weighted by molar-refractivity contribution is 7.20. The molecule has 0 bridgehead atoms. The predicted octanol–water partition coefficient (Wildman–Crippen LogP) is 2.25. The number of thiophene rings is 1. The fourth-order valence-corrected chi connectivity index (χ4v) is 2.82. The summed E-state index contributed by atoms with van der Waals surface area (Å²) in [7, 11) is 3.52. The zero-order valence-electron chi connectivity index (χ0n) is 11.1. The summed E-state index contributed by atoms with van der Waals surface area (Å²) in [5.41, 5.74) is 5.79. The number of aromatic nitrogens is 3. The molecule has 2 N–H and O–H groups in total. The van der Waals surface area contributed by atoms with E-state index >= 15 is 0 Å². The molecule has 0 saturated carbocycles. The average Bonchev–Trinajstić information content (AvgIpc) is 2.74. The van der Waals surface area contributed by atoms with Crippen molar-refractivity contribution in [2.75, 3.05) is 24.7 Å². The van der Waals surface area contributed by atoms with Crippen molar-refractivity contribution in [3.8, 4) is 0 Å². The second kappa shape index (κ2) is 6.42. The van der Waals surface area contributed by atoms with Crippen molar-refractivity contribution in [1.82, 2.24) is 15.0 Å². The Bertz CT molecular complexity index is 677. The van der Waals surface area contributed by atoms with E-state index < -0.39 is 5.97 Å². The van der Waals surface area contributed by atoms with Gasteiger partial charge in [0, 0.05) is 14.1 Å². The highest BCUT2D eigenvalue weighted by Crippen LogP contribution is 2.31. The Balaban J connectivity index is 2.09. The van der Waals surface area contributed by atoms with Gasteiger partial charge in [-0.2, -0.15) is 15.0 Å². The maximum Gasteiger partial charge on any atom is 0.341 e. The van der Waals surface area contributed by atoms with Gasteiger partial charge in [0.25, 0.3) is 0 Å². The van der Waals surface area contributed by atoms with Gasteiger partial charge in [-0.1, -0.05) is 23.2 Å². The van der Waals surface area contributed by atoms with Crippen LogP contribution >= 0.6 is 34.5 Å². The fourth-order valence-electron chi connectivity index (χ4n) is 1.38. The normalized spacial score (nSPS) is 10.5. The van der Waals surface area contributed by atoms with Crippen LogP contribution in [0.3, 0.4) is 0 Å². The lowest BCUT2D eigenvalue weighted by atomic mass is 10.3. The Morgan fingerprint density at radius 3 is 2.67 bits per heavy atom. The van der Waals surface area contributed by atoms with Crippen LogP contribution in [-0.4, -0.2) is 35.0 Å². The number of hydrogen-bond acceptors (Lipinski definition) is 8. The molecule has 2 rings (SSSR count). The second-order valence-corrected chi connectivity index (χ2v) is 6.40. The molecule has 112 valence electrons. The Kier molecular flexibility index (Phi) is 4.81. The van der Waals surface area contributed by atoms with Crippen molar-refractivity contribution in [1.29, 1.82) is 0 Å². The highest BCUT2D eigenvalue weighted by Gasteiger charge is 2.16. The van der Waals surface area contributed by atoms with Gasteiger partial charge < -0.3 is 15.4 Å². The summed E-state index contributed by atoms with van der Waals surface area (Å²) >= 11 is 12.7. The SMILES string of the molecule is CN(C)c1nc(N)nc(COC(=O)c2cc(Cl)sc2Cl)n1. The van der Waals surface area contributed by atoms with Crippen molar-refractivity contribution in [2.24, 2.45) is 0 Å². The maximum atomic E-state index is 11.9. The van der Waals surface area contributed by atoms with Gasteiger partial charge in [0.2, 0.25) is 11.9 Å². The monoisotopic (exact) mass is 347 g/mol. The second-order valence-electron chi connectivity index (χ2n) is 4.12. The van der Waals surface area contributed by atoms with Gasteiger partial charge in [-0.25, -0.2) is 4.79 Å². The van der Waals surface area contributed by atoms with E-state index in [0.717, 1.165) is 11.3 Å². The zero-order chi connectivity index (χ0) is 15.6. The van der Waals surface area contributed by atoms with Gasteiger partial charge in [-0.15, -0.1) is 11.3 Å². The van der Waals surface area contributed by atoms with E-state index in [1.807, 2.05) is 0 Å². The van der Waals surface area contributed by atoms with Crippen LogP contribution in [0.1, 0.15) is 16.2 Å². The highest BCUT2D eigenvalue weighted by atomic mass is 35.5. The molecule has 0 aliphatic rings. The number of rotatable bonds is 4. The lowest BCUT2D eigenvalue weighted by molar-refractivity contribution is 0.0463. The summed E-state index contributed by atoms with van der Waals surface area (Å²) < 4.78 is 5.78. The number of nitrogens with two attached hydrogens (primary N) is 1. The maximum absolute atomic E-state index is 11.9. The van der Waals surface area contributed by atoms with Crippen LogP contribution in [0.4, 0.5) is 11.9 Å². The molecule has 0 amide bonds. The first kappa shape index (κ1) is 15.7. The Morgan fingerprint density at radius 2 is 2.10 bits per heavy atom. The van der Waals surface area contributed by atoms with Gasteiger partial charge in [0.15, 0.2) is 12.4 Å². The Morgan fingerprint density at radius 1 is 1.38 bits per heavy atom. The summed E-state index contributed by atoms with van der Waals surface area (Å²) in [6.07, 6.45) is 0. The van der Waals surface area contributed by atoms with Gasteiger partial charge in [-0.3, -0.25) is 0 Å². The minimum atomic E-state index is -0.603. The van der Waals surface area contributed by atoms with Crippen LogP contribution in [0.15, 0.2) is 6.07 Å². The van der Waals surface area contributed by atoms with Crippen LogP contribution in [-0.2, 0) is 11.3 Å². The van der Waals surface area contributed by atoms with Crippen molar-refractivity contribution < 1.29 is 9.53 Å². The van der Waals surface area contributed by atoms with Crippen LogP contribution in [0.25, 0.3) is 0 Å². The van der Waals surface area contributed by atoms with Crippen molar-refractivity contribution in [2.45, 2.75) is 6.61 Å². The Hall–Kier alpha value is -1.64. The van der Waals surface area contributed by atoms with Crippen LogP contribution in [0.2, 0.25) is 8.67 Å². The number of ether oxygens (including phenoxy) is 1. The molecule has 0 radical (unpaired) electrons. The molecule has 0 saturated heterocycles. The molecular weight excluding hydrogens is 337 g/mol. The van der Waals surface area contributed by atoms with E-state index in [9.17, 15) is 4.79 Å². The largest absolute Gasteiger partial charge is 0.454 e. The van der Waals surface area contributed by atoms with Gasteiger partial charge in [0.05, 0.1) is 9.90 Å². The van der Waals surface area contributed by atoms with Crippen LogP contribution < -0.4 is 10.6 Å². The number of nitrogens with zero attached hydrogens (tertiary/aromatic N) is 4. The number of halogens is 2. The number of hydrogen-bond donors (Lipinski definition) is 1. The molecule has 21 heavy (non-hydrogen) atoms. The molecule has 2 heterocycles. The molecule has 0 atom stereocenters. The number of carbonyl (C=O) groups excluding carboxylic acids is 1. The smallest absolute Gasteiger partial charge is 0.341 e. The van der Waals surface area contributed by atoms with E-state index in [1.54, 1.807) is 19.0 Å². The molecule has 0 aliphatic heterocycles. The number of esters is 1. The molecule has 10 heteroatoms. The van der Waals surface area contributed by atoms with E-state index in [-0.39, 0.29) is 28.3 Å². The zero-order valence-corrected chi connectivity index (χ0v) is 13.5. The standard InChI is InChI=1S/C11H11Cl2N5O2S/c1-18(2)11-16-7(15-10(14)17-11)4-20-9(19)5-3-6(12)21-8(5)13/h3H,4H2,1-2H3,(H2,14,15,16,17). The lowest BCUT2D eigenvalue weighted by Crippen LogP contribution is -2.17. The third kappa shape index (κ3) is 3.93. The van der Waals surface area contributed by atoms with Crippen molar-refractivity contribution >= 4 is 52.4 Å². The predicted molar refractivity (Wildman–Crippen MR) is 82.0 cm³/mol. The molecule has 0 fully saturated rings. The summed E-state index contributed by atoms with van der Waals surface area (Å²) in [6, 6.07) is 1.45. The van der Waals surface area contributed by atoms with Gasteiger partial charge >= 0.3 is 5.97 Å². The van der Waals surface area contributed by atoms with Crippen molar-refractivity contribution in [3.63, 3.8) is 0 Å². The fraction of sp³-hybridized carbons (Fsp3) is 0.273. The summed E-state index contributed by atoms with van der Waals surface area (Å²) in [5.74, 6) is 0.0760. The molecule has 0 aliphatic carbocycles. The lowest BCUT2D eigenvalue weighted by Gasteiger charge is -2.11. The number of anilines is 2. The molecule has 7 nitrogen and oxygen atoms in total. The van der Waals surface area contributed by atoms with Crippen molar-refractivity contribution in [3.05, 3.63) is 26.1 Å². The summed E-state index contributed by atoms with van der Waals surface area (Å²) in [5, 5.41) is 0. The van der Waals surface area contributed by atoms with E-state index in [2.05, 4.69) is 15.0 Å². The minimum absolute atomic E-state index is 0.0522. The molecule has 2 aromatic heterocycles. The number of carbonyl (C=O) groups is 1. The molecule has 2 aromatic rings. The quantitative estimate of drug-likeness (QED) is 0.847. The minimum Gasteiger partial charge on any atom is -0.454 e.